The number of nitrogens with zero attached hydrogens (tertiary/aromatic N) is 2. The first-order valence-corrected chi connectivity index (χ1v) is 12.2. The van der Waals surface area contributed by atoms with E-state index < -0.39 is 17.7 Å². The number of amides is 1. The maximum Gasteiger partial charge on any atom is 0.301 e. The maximum absolute atomic E-state index is 13.4. The Kier molecular flexibility index (Phi) is 6.05. The van der Waals surface area contributed by atoms with Crippen molar-refractivity contribution in [1.29, 1.82) is 0 Å². The van der Waals surface area contributed by atoms with Gasteiger partial charge in [-0.2, -0.15) is 0 Å². The van der Waals surface area contributed by atoms with Crippen molar-refractivity contribution >= 4 is 55.7 Å². The predicted molar refractivity (Wildman–Crippen MR) is 138 cm³/mol. The van der Waals surface area contributed by atoms with Gasteiger partial charge in [-0.15, -0.1) is 0 Å². The van der Waals surface area contributed by atoms with Gasteiger partial charge in [-0.3, -0.25) is 14.5 Å². The number of methoxy groups -OCH3 is 1. The van der Waals surface area contributed by atoms with E-state index in [0.717, 1.165) is 22.2 Å². The zero-order chi connectivity index (χ0) is 24.7. The molecule has 1 unspecified atom stereocenters. The van der Waals surface area contributed by atoms with E-state index >= 15 is 0 Å². The van der Waals surface area contributed by atoms with Gasteiger partial charge in [0.05, 0.1) is 22.9 Å². The summed E-state index contributed by atoms with van der Waals surface area (Å²) in [4.78, 5) is 32.8. The van der Waals surface area contributed by atoms with E-state index in [1.54, 1.807) is 48.5 Å². The summed E-state index contributed by atoms with van der Waals surface area (Å²) in [6, 6.07) is 18.6. The van der Waals surface area contributed by atoms with Crippen LogP contribution in [0.3, 0.4) is 0 Å². The highest BCUT2D eigenvalue weighted by Gasteiger charge is 2.49. The van der Waals surface area contributed by atoms with Crippen LogP contribution < -0.4 is 9.64 Å². The Hall–Kier alpha value is -3.68. The zero-order valence-corrected chi connectivity index (χ0v) is 20.6. The van der Waals surface area contributed by atoms with Gasteiger partial charge < -0.3 is 9.84 Å². The molecule has 3 aromatic carbocycles. The summed E-state index contributed by atoms with van der Waals surface area (Å²) in [6.07, 6.45) is 0.871. The van der Waals surface area contributed by atoms with Gasteiger partial charge in [0.15, 0.2) is 5.13 Å². The number of para-hydroxylation sites is 1. The molecule has 1 N–H and O–H groups in total. The van der Waals surface area contributed by atoms with E-state index in [0.29, 0.717) is 27.0 Å². The van der Waals surface area contributed by atoms with Crippen molar-refractivity contribution in [2.75, 3.05) is 12.0 Å². The number of carbonyl (C=O) groups excluding carboxylic acids is 2. The number of anilines is 1. The third kappa shape index (κ3) is 3.96. The Morgan fingerprint density at radius 2 is 1.86 bits per heavy atom. The molecule has 1 fully saturated rings. The summed E-state index contributed by atoms with van der Waals surface area (Å²) in [5, 5.41) is 12.1. The van der Waals surface area contributed by atoms with E-state index in [1.165, 1.54) is 23.3 Å². The topological polar surface area (TPSA) is 79.7 Å². The summed E-state index contributed by atoms with van der Waals surface area (Å²) in [5.41, 5.74) is 2.80. The average molecular weight is 505 g/mol. The van der Waals surface area contributed by atoms with Crippen LogP contribution in [0, 0.1) is 0 Å². The van der Waals surface area contributed by atoms with Crippen molar-refractivity contribution in [2.45, 2.75) is 19.4 Å². The molecular weight excluding hydrogens is 484 g/mol. The zero-order valence-electron chi connectivity index (χ0n) is 19.0. The lowest BCUT2D eigenvalue weighted by Gasteiger charge is -2.24. The number of ketones is 1. The molecule has 6 nitrogen and oxygen atoms in total. The van der Waals surface area contributed by atoms with Crippen molar-refractivity contribution in [2.24, 2.45) is 0 Å². The molecule has 0 aliphatic carbocycles. The fourth-order valence-electron chi connectivity index (χ4n) is 4.26. The molecule has 5 rings (SSSR count). The van der Waals surface area contributed by atoms with Crippen LogP contribution in [0.5, 0.6) is 5.75 Å². The van der Waals surface area contributed by atoms with Crippen molar-refractivity contribution in [1.82, 2.24) is 4.98 Å². The molecule has 0 bridgehead atoms. The summed E-state index contributed by atoms with van der Waals surface area (Å²) in [6.45, 7) is 2.07. The van der Waals surface area contributed by atoms with Gasteiger partial charge in [0, 0.05) is 16.1 Å². The number of aliphatic hydroxyl groups excluding tert-OH is 1. The first-order chi connectivity index (χ1) is 16.9. The van der Waals surface area contributed by atoms with E-state index in [-0.39, 0.29) is 11.3 Å². The highest BCUT2D eigenvalue weighted by atomic mass is 35.5. The van der Waals surface area contributed by atoms with Gasteiger partial charge in [0.25, 0.3) is 5.78 Å². The molecule has 4 aromatic rings. The molecule has 1 saturated heterocycles. The van der Waals surface area contributed by atoms with Gasteiger partial charge in [-0.05, 0) is 54.4 Å². The van der Waals surface area contributed by atoms with Crippen LogP contribution in [0.1, 0.15) is 29.7 Å². The van der Waals surface area contributed by atoms with Gasteiger partial charge in [0.2, 0.25) is 0 Å². The quantitative estimate of drug-likeness (QED) is 0.200. The summed E-state index contributed by atoms with van der Waals surface area (Å²) in [5.74, 6) is -1.35. The molecular formula is C27H21ClN2O4S. The molecule has 8 heteroatoms. The number of hydrogen-bond acceptors (Lipinski definition) is 6. The van der Waals surface area contributed by atoms with Crippen molar-refractivity contribution in [3.8, 4) is 5.75 Å². The molecule has 1 atom stereocenters. The minimum Gasteiger partial charge on any atom is -0.507 e. The van der Waals surface area contributed by atoms with E-state index in [4.69, 9.17) is 16.3 Å². The van der Waals surface area contributed by atoms with Crippen LogP contribution >= 0.6 is 22.9 Å². The summed E-state index contributed by atoms with van der Waals surface area (Å²) in [7, 11) is 1.52. The average Bonchev–Trinajstić information content (AvgIpc) is 3.41. The monoisotopic (exact) mass is 504 g/mol. The molecule has 176 valence electrons. The van der Waals surface area contributed by atoms with Crippen molar-refractivity contribution in [3.63, 3.8) is 0 Å². The van der Waals surface area contributed by atoms with Crippen LogP contribution in [-0.2, 0) is 16.0 Å². The summed E-state index contributed by atoms with van der Waals surface area (Å²) < 4.78 is 6.48. The Bertz CT molecular complexity index is 1490. The van der Waals surface area contributed by atoms with Gasteiger partial charge in [-0.1, -0.05) is 54.1 Å². The third-order valence-corrected chi connectivity index (χ3v) is 7.32. The number of benzene rings is 3. The Labute approximate surface area is 211 Å². The lowest BCUT2D eigenvalue weighted by Crippen LogP contribution is -2.29. The second-order valence-electron chi connectivity index (χ2n) is 8.07. The Balaban J connectivity index is 1.74. The summed E-state index contributed by atoms with van der Waals surface area (Å²) >= 11 is 7.34. The standard InChI is InChI=1S/C27H21ClN2O4S/c1-3-15-8-13-19-21(14-15)35-27(29-19)30-23(18-6-4-5-7-20(18)34-2)22(25(32)26(30)33)24(31)16-9-11-17(28)12-10-16/h4-14,23,31H,3H2,1-2H3. The molecule has 35 heavy (non-hydrogen) atoms. The molecule has 0 spiro atoms. The Morgan fingerprint density at radius 1 is 1.11 bits per heavy atom. The number of aromatic nitrogens is 1. The number of fused-ring (bicyclic) bond motifs is 1. The van der Waals surface area contributed by atoms with E-state index in [1.807, 2.05) is 18.2 Å². The first kappa shape index (κ1) is 23.1. The van der Waals surface area contributed by atoms with Crippen LogP contribution in [-0.4, -0.2) is 28.9 Å². The highest BCUT2D eigenvalue weighted by molar-refractivity contribution is 7.22. The van der Waals surface area contributed by atoms with Crippen LogP contribution in [0.15, 0.2) is 72.3 Å². The highest BCUT2D eigenvalue weighted by Crippen LogP contribution is 2.46. The molecule has 2 heterocycles. The minimum atomic E-state index is -0.923. The lowest BCUT2D eigenvalue weighted by atomic mass is 9.95. The van der Waals surface area contributed by atoms with Crippen LogP contribution in [0.2, 0.25) is 5.02 Å². The number of Topliss-reactive ketones (excluding diaryl/α,β-unsaturated/α-hetero) is 1. The number of aliphatic hydroxyl groups is 1. The molecule has 1 aliphatic heterocycles. The minimum absolute atomic E-state index is 0.0321. The van der Waals surface area contributed by atoms with E-state index in [9.17, 15) is 14.7 Å². The fraction of sp³-hybridized carbons (Fsp3) is 0.148. The van der Waals surface area contributed by atoms with Gasteiger partial charge >= 0.3 is 5.91 Å². The number of rotatable bonds is 5. The number of carbonyl (C=O) groups is 2. The Morgan fingerprint density at radius 3 is 2.57 bits per heavy atom. The number of hydrogen-bond donors (Lipinski definition) is 1. The van der Waals surface area contributed by atoms with Crippen LogP contribution in [0.25, 0.3) is 16.0 Å². The van der Waals surface area contributed by atoms with E-state index in [2.05, 4.69) is 11.9 Å². The molecule has 0 saturated carbocycles. The smallest absolute Gasteiger partial charge is 0.301 e. The van der Waals surface area contributed by atoms with Crippen molar-refractivity contribution < 1.29 is 19.4 Å². The number of thiazole rings is 1. The van der Waals surface area contributed by atoms with Gasteiger partial charge in [-0.25, -0.2) is 4.98 Å². The maximum atomic E-state index is 13.4. The number of ether oxygens (including phenoxy) is 1. The lowest BCUT2D eigenvalue weighted by molar-refractivity contribution is -0.132. The SMILES string of the molecule is CCc1ccc2nc(N3C(=O)C(=O)C(=C(O)c4ccc(Cl)cc4)C3c3ccccc3OC)sc2c1. The third-order valence-electron chi connectivity index (χ3n) is 6.05. The molecule has 0 radical (unpaired) electrons. The fourth-order valence-corrected chi connectivity index (χ4v) is 5.44. The second-order valence-corrected chi connectivity index (χ2v) is 9.52. The molecule has 1 aromatic heterocycles. The number of halogens is 1. The van der Waals surface area contributed by atoms with Crippen molar-refractivity contribution in [3.05, 3.63) is 94.0 Å². The molecule has 1 aliphatic rings. The van der Waals surface area contributed by atoms with Crippen LogP contribution in [0.4, 0.5) is 5.13 Å². The van der Waals surface area contributed by atoms with Gasteiger partial charge in [0.1, 0.15) is 17.6 Å². The molecule has 1 amide bonds. The normalized spacial score (nSPS) is 17.3. The first-order valence-electron chi connectivity index (χ1n) is 11.0. The second kappa shape index (κ2) is 9.17. The predicted octanol–water partition coefficient (Wildman–Crippen LogP) is 6.15. The number of aryl methyl sites for hydroxylation is 1. The largest absolute Gasteiger partial charge is 0.507 e.